The van der Waals surface area contributed by atoms with Crippen LogP contribution in [0.15, 0.2) is 18.2 Å². The molecular formula is C25H41N3O. The summed E-state index contributed by atoms with van der Waals surface area (Å²) < 4.78 is 5.27. The van der Waals surface area contributed by atoms with Crippen molar-refractivity contribution in [2.75, 3.05) is 69.3 Å². The number of anilines is 2. The molecule has 0 bridgehead atoms. The van der Waals surface area contributed by atoms with E-state index in [1.807, 2.05) is 0 Å². The van der Waals surface area contributed by atoms with Crippen molar-refractivity contribution in [1.82, 2.24) is 4.90 Å². The van der Waals surface area contributed by atoms with E-state index < -0.39 is 0 Å². The van der Waals surface area contributed by atoms with Gasteiger partial charge < -0.3 is 14.5 Å². The third kappa shape index (κ3) is 5.08. The fourth-order valence-electron chi connectivity index (χ4n) is 5.47. The second kappa shape index (κ2) is 9.26. The molecule has 2 aliphatic heterocycles. The molecule has 1 aromatic carbocycles. The first-order chi connectivity index (χ1) is 14.1. The van der Waals surface area contributed by atoms with E-state index in [1.165, 1.54) is 63.0 Å². The second-order valence-corrected chi connectivity index (χ2v) is 10.2. The molecule has 4 rings (SSSR count). The summed E-state index contributed by atoms with van der Waals surface area (Å²) in [7, 11) is 1.80. The largest absolute Gasteiger partial charge is 0.383 e. The van der Waals surface area contributed by atoms with Gasteiger partial charge in [-0.3, -0.25) is 4.90 Å². The number of piperazine rings is 1. The Labute approximate surface area is 178 Å². The molecule has 0 aromatic heterocycles. The summed E-state index contributed by atoms with van der Waals surface area (Å²) in [5.41, 5.74) is 5.14. The van der Waals surface area contributed by atoms with Gasteiger partial charge in [0.25, 0.3) is 0 Å². The van der Waals surface area contributed by atoms with Crippen LogP contribution in [0.2, 0.25) is 0 Å². The van der Waals surface area contributed by atoms with Crippen molar-refractivity contribution in [1.29, 1.82) is 0 Å². The fourth-order valence-corrected chi connectivity index (χ4v) is 5.47. The van der Waals surface area contributed by atoms with Gasteiger partial charge in [-0.15, -0.1) is 0 Å². The molecule has 0 radical (unpaired) electrons. The van der Waals surface area contributed by atoms with E-state index in [-0.39, 0.29) is 0 Å². The Morgan fingerprint density at radius 1 is 0.931 bits per heavy atom. The molecule has 0 spiro atoms. The van der Waals surface area contributed by atoms with Gasteiger partial charge in [0.15, 0.2) is 0 Å². The van der Waals surface area contributed by atoms with Gasteiger partial charge in [0, 0.05) is 64.3 Å². The molecule has 1 aromatic rings. The topological polar surface area (TPSA) is 19.0 Å². The Hall–Kier alpha value is -1.26. The van der Waals surface area contributed by atoms with Gasteiger partial charge in [0.2, 0.25) is 0 Å². The maximum absolute atomic E-state index is 5.27. The number of rotatable bonds is 6. The van der Waals surface area contributed by atoms with Gasteiger partial charge >= 0.3 is 0 Å². The first-order valence-electron chi connectivity index (χ1n) is 11.9. The summed E-state index contributed by atoms with van der Waals surface area (Å²) in [6, 6.07) is 7.42. The van der Waals surface area contributed by atoms with Crippen molar-refractivity contribution in [3.05, 3.63) is 23.8 Å². The maximum Gasteiger partial charge on any atom is 0.0589 e. The minimum Gasteiger partial charge on any atom is -0.383 e. The zero-order valence-corrected chi connectivity index (χ0v) is 19.0. The van der Waals surface area contributed by atoms with Crippen LogP contribution in [-0.4, -0.2) is 64.4 Å². The molecule has 4 nitrogen and oxygen atoms in total. The molecule has 1 aliphatic carbocycles. The van der Waals surface area contributed by atoms with E-state index in [0.717, 1.165) is 45.2 Å². The fraction of sp³-hybridized carbons (Fsp3) is 0.760. The summed E-state index contributed by atoms with van der Waals surface area (Å²) in [6.07, 6.45) is 8.09. The Morgan fingerprint density at radius 2 is 1.62 bits per heavy atom. The van der Waals surface area contributed by atoms with Gasteiger partial charge in [0.05, 0.1) is 6.61 Å². The number of benzene rings is 1. The van der Waals surface area contributed by atoms with Crippen molar-refractivity contribution < 1.29 is 4.74 Å². The van der Waals surface area contributed by atoms with Crippen LogP contribution in [0.4, 0.5) is 11.4 Å². The van der Waals surface area contributed by atoms with E-state index in [2.05, 4.69) is 46.7 Å². The van der Waals surface area contributed by atoms with Crippen molar-refractivity contribution in [3.63, 3.8) is 0 Å². The standard InChI is InChI=1S/C25H41N3O/c1-25(2)10-8-21(9-11-25)23-20-22(27-12-4-5-13-27)6-7-24(23)28-16-14-26(15-17-28)18-19-29-3/h6-7,20-21H,4-5,8-19H2,1-3H3. The summed E-state index contributed by atoms with van der Waals surface area (Å²) >= 11 is 0. The molecule has 3 fully saturated rings. The van der Waals surface area contributed by atoms with Crippen LogP contribution in [0.1, 0.15) is 63.9 Å². The Balaban J connectivity index is 1.53. The van der Waals surface area contributed by atoms with E-state index in [9.17, 15) is 0 Å². The normalized spacial score (nSPS) is 23.7. The molecule has 1 saturated carbocycles. The maximum atomic E-state index is 5.27. The molecule has 162 valence electrons. The molecule has 0 N–H and O–H groups in total. The van der Waals surface area contributed by atoms with Gasteiger partial charge in [-0.05, 0) is 73.6 Å². The van der Waals surface area contributed by atoms with Gasteiger partial charge in [-0.2, -0.15) is 0 Å². The quantitative estimate of drug-likeness (QED) is 0.688. The van der Waals surface area contributed by atoms with Crippen molar-refractivity contribution in [2.24, 2.45) is 5.41 Å². The van der Waals surface area contributed by atoms with E-state index in [0.29, 0.717) is 5.41 Å². The molecule has 2 saturated heterocycles. The summed E-state index contributed by atoms with van der Waals surface area (Å²) in [5.74, 6) is 0.729. The molecular weight excluding hydrogens is 358 g/mol. The third-order valence-electron chi connectivity index (χ3n) is 7.59. The Morgan fingerprint density at radius 3 is 2.28 bits per heavy atom. The average molecular weight is 400 g/mol. The molecule has 0 atom stereocenters. The first-order valence-corrected chi connectivity index (χ1v) is 11.9. The first kappa shape index (κ1) is 21.0. The molecule has 2 heterocycles. The number of hydrogen-bond acceptors (Lipinski definition) is 4. The van der Waals surface area contributed by atoms with Crippen LogP contribution in [-0.2, 0) is 4.74 Å². The SMILES string of the molecule is COCCN1CCN(c2ccc(N3CCCC3)cc2C2CCC(C)(C)CC2)CC1. The minimum absolute atomic E-state index is 0.524. The number of ether oxygens (including phenoxy) is 1. The van der Waals surface area contributed by atoms with Gasteiger partial charge in [-0.1, -0.05) is 13.8 Å². The van der Waals surface area contributed by atoms with Crippen LogP contribution < -0.4 is 9.80 Å². The summed E-state index contributed by atoms with van der Waals surface area (Å²) in [6.45, 7) is 13.8. The smallest absolute Gasteiger partial charge is 0.0589 e. The van der Waals surface area contributed by atoms with Crippen LogP contribution in [0.5, 0.6) is 0 Å². The van der Waals surface area contributed by atoms with Crippen molar-refractivity contribution in [2.45, 2.75) is 58.3 Å². The highest BCUT2D eigenvalue weighted by molar-refractivity contribution is 5.63. The van der Waals surface area contributed by atoms with E-state index in [1.54, 1.807) is 12.7 Å². The van der Waals surface area contributed by atoms with Crippen LogP contribution in [0, 0.1) is 5.41 Å². The van der Waals surface area contributed by atoms with Crippen LogP contribution in [0.3, 0.4) is 0 Å². The Bertz CT molecular complexity index is 650. The predicted octanol–water partition coefficient (Wildman–Crippen LogP) is 4.74. The highest BCUT2D eigenvalue weighted by Gasteiger charge is 2.30. The van der Waals surface area contributed by atoms with Gasteiger partial charge in [-0.25, -0.2) is 0 Å². The lowest BCUT2D eigenvalue weighted by Gasteiger charge is -2.40. The highest BCUT2D eigenvalue weighted by atomic mass is 16.5. The van der Waals surface area contributed by atoms with Crippen LogP contribution in [0.25, 0.3) is 0 Å². The molecule has 29 heavy (non-hydrogen) atoms. The average Bonchev–Trinajstić information content (AvgIpc) is 3.27. The second-order valence-electron chi connectivity index (χ2n) is 10.2. The lowest BCUT2D eigenvalue weighted by Crippen LogP contribution is -2.47. The summed E-state index contributed by atoms with van der Waals surface area (Å²) in [5, 5.41) is 0. The third-order valence-corrected chi connectivity index (χ3v) is 7.59. The number of methoxy groups -OCH3 is 1. The summed E-state index contributed by atoms with van der Waals surface area (Å²) in [4.78, 5) is 7.80. The van der Waals surface area contributed by atoms with E-state index in [4.69, 9.17) is 4.74 Å². The molecule has 3 aliphatic rings. The van der Waals surface area contributed by atoms with Gasteiger partial charge in [0.1, 0.15) is 0 Å². The predicted molar refractivity (Wildman–Crippen MR) is 123 cm³/mol. The number of hydrogen-bond donors (Lipinski definition) is 0. The zero-order chi connectivity index (χ0) is 20.3. The molecule has 0 amide bonds. The number of nitrogens with zero attached hydrogens (tertiary/aromatic N) is 3. The van der Waals surface area contributed by atoms with Crippen molar-refractivity contribution in [3.8, 4) is 0 Å². The minimum atomic E-state index is 0.524. The highest BCUT2D eigenvalue weighted by Crippen LogP contribution is 2.45. The van der Waals surface area contributed by atoms with E-state index >= 15 is 0 Å². The zero-order valence-electron chi connectivity index (χ0n) is 19.0. The lowest BCUT2D eigenvalue weighted by atomic mass is 9.71. The Kier molecular flexibility index (Phi) is 6.70. The van der Waals surface area contributed by atoms with Crippen molar-refractivity contribution >= 4 is 11.4 Å². The lowest BCUT2D eigenvalue weighted by molar-refractivity contribution is 0.144. The van der Waals surface area contributed by atoms with Crippen LogP contribution >= 0.6 is 0 Å². The molecule has 0 unspecified atom stereocenters. The molecule has 4 heteroatoms. The monoisotopic (exact) mass is 399 g/mol.